The molecule has 3 heteroatoms. The molecule has 1 aliphatic rings. The molecule has 1 nitrogen and oxygen atoms in total. The van der Waals surface area contributed by atoms with Gasteiger partial charge in [-0.25, -0.2) is 0 Å². The molecule has 0 amide bonds. The summed E-state index contributed by atoms with van der Waals surface area (Å²) in [5.74, 6) is 0. The second-order valence-electron chi connectivity index (χ2n) is 3.35. The third-order valence-corrected chi connectivity index (χ3v) is 7.88. The van der Waals surface area contributed by atoms with E-state index in [0.717, 1.165) is 6.61 Å². The SMILES string of the molecule is C[SiH](C)[C]1([Ti])CCCCO1. The van der Waals surface area contributed by atoms with Crippen LogP contribution < -0.4 is 0 Å². The summed E-state index contributed by atoms with van der Waals surface area (Å²) >= 11 is 2.29. The quantitative estimate of drug-likeness (QED) is 0.570. The van der Waals surface area contributed by atoms with Gasteiger partial charge in [-0.1, -0.05) is 0 Å². The van der Waals surface area contributed by atoms with E-state index < -0.39 is 8.80 Å². The van der Waals surface area contributed by atoms with Crippen LogP contribution in [0.3, 0.4) is 0 Å². The standard InChI is InChI=1S/C7H15OSi.Ti/c1-9(2)7-5-3-4-6-8-7;/h9H,3-6H2,1-2H3;. The molecular weight excluding hydrogens is 176 g/mol. The van der Waals surface area contributed by atoms with Crippen molar-refractivity contribution in [2.24, 2.45) is 0 Å². The van der Waals surface area contributed by atoms with Crippen molar-refractivity contribution in [3.8, 4) is 0 Å². The molecule has 0 aromatic carbocycles. The number of hydrogen-bond acceptors (Lipinski definition) is 1. The molecule has 10 heavy (non-hydrogen) atoms. The summed E-state index contributed by atoms with van der Waals surface area (Å²) in [5, 5.41) is 0. The molecule has 1 saturated heterocycles. The van der Waals surface area contributed by atoms with E-state index in [0.29, 0.717) is 3.53 Å². The number of hydrogen-bond donors (Lipinski definition) is 0. The summed E-state index contributed by atoms with van der Waals surface area (Å²) < 4.78 is 6.11. The predicted molar refractivity (Wildman–Crippen MR) is 41.4 cm³/mol. The zero-order chi connectivity index (χ0) is 7.61. The van der Waals surface area contributed by atoms with Crippen molar-refractivity contribution in [3.63, 3.8) is 0 Å². The van der Waals surface area contributed by atoms with E-state index in [1.165, 1.54) is 19.3 Å². The third-order valence-electron chi connectivity index (χ3n) is 2.23. The molecule has 1 rings (SSSR count). The van der Waals surface area contributed by atoms with E-state index in [1.807, 2.05) is 0 Å². The monoisotopic (exact) mass is 191 g/mol. The van der Waals surface area contributed by atoms with E-state index >= 15 is 0 Å². The Balaban J connectivity index is 2.48. The molecule has 1 atom stereocenters. The molecule has 0 aromatic heterocycles. The Morgan fingerprint density at radius 3 is 2.40 bits per heavy atom. The molecule has 0 aliphatic carbocycles. The van der Waals surface area contributed by atoms with Crippen molar-refractivity contribution in [1.82, 2.24) is 0 Å². The number of ether oxygens (including phenoxy) is 1. The maximum atomic E-state index is 5.79. The Morgan fingerprint density at radius 1 is 1.40 bits per heavy atom. The summed E-state index contributed by atoms with van der Waals surface area (Å²) in [6.07, 6.45) is 3.95. The molecular formula is C7H15OSiTi. The van der Waals surface area contributed by atoms with Crippen LogP contribution in [0.15, 0.2) is 0 Å². The van der Waals surface area contributed by atoms with Crippen molar-refractivity contribution in [3.05, 3.63) is 0 Å². The average molecular weight is 191 g/mol. The van der Waals surface area contributed by atoms with Crippen molar-refractivity contribution in [2.75, 3.05) is 6.61 Å². The van der Waals surface area contributed by atoms with Gasteiger partial charge in [-0.15, -0.1) is 0 Å². The summed E-state index contributed by atoms with van der Waals surface area (Å²) in [4.78, 5) is 0. The first-order valence-electron chi connectivity index (χ1n) is 4.04. The normalized spacial score (nSPS) is 34.6. The molecule has 0 bridgehead atoms. The van der Waals surface area contributed by atoms with Crippen LogP contribution in [-0.2, 0) is 25.2 Å². The van der Waals surface area contributed by atoms with E-state index in [9.17, 15) is 0 Å². The van der Waals surface area contributed by atoms with Gasteiger partial charge in [-0.05, 0) is 0 Å². The minimum atomic E-state index is -0.589. The van der Waals surface area contributed by atoms with Gasteiger partial charge >= 0.3 is 76.5 Å². The molecule has 1 heterocycles. The van der Waals surface area contributed by atoms with E-state index in [1.54, 1.807) is 0 Å². The van der Waals surface area contributed by atoms with Crippen LogP contribution in [0, 0.1) is 0 Å². The van der Waals surface area contributed by atoms with Crippen molar-refractivity contribution in [2.45, 2.75) is 35.9 Å². The van der Waals surface area contributed by atoms with Crippen LogP contribution in [0.1, 0.15) is 19.3 Å². The minimum absolute atomic E-state index is 0.318. The Bertz CT molecular complexity index is 110. The van der Waals surface area contributed by atoms with Gasteiger partial charge in [0.2, 0.25) is 0 Å². The topological polar surface area (TPSA) is 9.23 Å². The molecule has 57 valence electrons. The fraction of sp³-hybridized carbons (Fsp3) is 1.00. The Morgan fingerprint density at radius 2 is 2.10 bits per heavy atom. The van der Waals surface area contributed by atoms with Gasteiger partial charge < -0.3 is 0 Å². The van der Waals surface area contributed by atoms with Crippen LogP contribution in [0.2, 0.25) is 13.1 Å². The van der Waals surface area contributed by atoms with Crippen LogP contribution in [0.5, 0.6) is 0 Å². The van der Waals surface area contributed by atoms with E-state index in [-0.39, 0.29) is 0 Å². The van der Waals surface area contributed by atoms with Gasteiger partial charge in [0.1, 0.15) is 0 Å². The van der Waals surface area contributed by atoms with Crippen LogP contribution >= 0.6 is 0 Å². The molecule has 1 unspecified atom stereocenters. The first-order valence-corrected chi connectivity index (χ1v) is 7.71. The van der Waals surface area contributed by atoms with Gasteiger partial charge in [0.15, 0.2) is 0 Å². The molecule has 0 spiro atoms. The maximum absolute atomic E-state index is 5.79. The first-order chi connectivity index (χ1) is 4.65. The van der Waals surface area contributed by atoms with Gasteiger partial charge in [-0.3, -0.25) is 0 Å². The average Bonchev–Trinajstić information content (AvgIpc) is 1.89. The second-order valence-corrected chi connectivity index (χ2v) is 8.81. The van der Waals surface area contributed by atoms with Crippen molar-refractivity contribution < 1.29 is 25.2 Å². The summed E-state index contributed by atoms with van der Waals surface area (Å²) in [6.45, 7) is 5.76. The summed E-state index contributed by atoms with van der Waals surface area (Å²) in [5.41, 5.74) is 0. The zero-order valence-corrected chi connectivity index (χ0v) is 9.53. The van der Waals surface area contributed by atoms with Crippen LogP contribution in [0.25, 0.3) is 0 Å². The molecule has 0 saturated carbocycles. The number of rotatable bonds is 1. The van der Waals surface area contributed by atoms with Gasteiger partial charge in [0.25, 0.3) is 0 Å². The fourth-order valence-corrected chi connectivity index (χ4v) is 2.94. The van der Waals surface area contributed by atoms with Crippen LogP contribution in [-0.4, -0.2) is 18.9 Å². The first kappa shape index (κ1) is 8.98. The Kier molecular flexibility index (Phi) is 3.17. The molecule has 0 aromatic rings. The third kappa shape index (κ3) is 1.94. The van der Waals surface area contributed by atoms with Gasteiger partial charge in [-0.2, -0.15) is 0 Å². The molecule has 1 aliphatic heterocycles. The predicted octanol–water partition coefficient (Wildman–Crippen LogP) is 1.46. The summed E-state index contributed by atoms with van der Waals surface area (Å²) in [7, 11) is -0.589. The van der Waals surface area contributed by atoms with Crippen molar-refractivity contribution in [1.29, 1.82) is 0 Å². The Hall–Kier alpha value is 0.891. The van der Waals surface area contributed by atoms with E-state index in [4.69, 9.17) is 4.74 Å². The zero-order valence-electron chi connectivity index (χ0n) is 6.81. The fourth-order valence-electron chi connectivity index (χ4n) is 1.27. The van der Waals surface area contributed by atoms with Gasteiger partial charge in [0.05, 0.1) is 0 Å². The van der Waals surface area contributed by atoms with Gasteiger partial charge in [0, 0.05) is 0 Å². The van der Waals surface area contributed by atoms with E-state index in [2.05, 4.69) is 33.5 Å². The molecule has 0 N–H and O–H groups in total. The Labute approximate surface area is 76.5 Å². The molecule has 1 fully saturated rings. The molecule has 0 radical (unpaired) electrons. The van der Waals surface area contributed by atoms with Crippen molar-refractivity contribution >= 4 is 8.80 Å². The second kappa shape index (κ2) is 3.53. The summed E-state index contributed by atoms with van der Waals surface area (Å²) in [6, 6.07) is 0. The van der Waals surface area contributed by atoms with Crippen LogP contribution in [0.4, 0.5) is 0 Å².